The van der Waals surface area contributed by atoms with Crippen LogP contribution in [0.4, 0.5) is 0 Å². The van der Waals surface area contributed by atoms with Crippen LogP contribution in [-0.2, 0) is 11.3 Å². The Morgan fingerprint density at radius 3 is 2.59 bits per heavy atom. The molecule has 2 fully saturated rings. The van der Waals surface area contributed by atoms with Gasteiger partial charge in [-0.3, -0.25) is 9.69 Å². The summed E-state index contributed by atoms with van der Waals surface area (Å²) in [5, 5.41) is 0. The van der Waals surface area contributed by atoms with Gasteiger partial charge in [0.25, 0.3) is 0 Å². The van der Waals surface area contributed by atoms with Crippen LogP contribution >= 0.6 is 0 Å². The van der Waals surface area contributed by atoms with Crippen molar-refractivity contribution in [1.29, 1.82) is 0 Å². The molecule has 0 saturated carbocycles. The molecule has 1 amide bonds. The molecule has 5 nitrogen and oxygen atoms in total. The van der Waals surface area contributed by atoms with Gasteiger partial charge in [0.05, 0.1) is 6.54 Å². The molecular weight excluding hydrogens is 336 g/mol. The first-order valence-corrected chi connectivity index (χ1v) is 10.2. The van der Waals surface area contributed by atoms with Gasteiger partial charge in [0.2, 0.25) is 5.91 Å². The van der Waals surface area contributed by atoms with Crippen molar-refractivity contribution in [2.75, 3.05) is 32.7 Å². The maximum Gasteiger partial charge on any atom is 0.236 e. The number of aromatic nitrogens is 2. The van der Waals surface area contributed by atoms with Crippen LogP contribution < -0.4 is 0 Å². The van der Waals surface area contributed by atoms with Gasteiger partial charge in [-0.15, -0.1) is 0 Å². The van der Waals surface area contributed by atoms with E-state index in [1.54, 1.807) is 0 Å². The molecule has 2 saturated heterocycles. The first kappa shape index (κ1) is 18.2. The van der Waals surface area contributed by atoms with E-state index < -0.39 is 0 Å². The Morgan fingerprint density at radius 2 is 1.89 bits per heavy atom. The van der Waals surface area contributed by atoms with E-state index in [-0.39, 0.29) is 0 Å². The third kappa shape index (κ3) is 4.41. The van der Waals surface area contributed by atoms with Crippen LogP contribution in [0.1, 0.15) is 36.6 Å². The van der Waals surface area contributed by atoms with Crippen molar-refractivity contribution in [1.82, 2.24) is 19.4 Å². The second kappa shape index (κ2) is 8.26. The molecule has 27 heavy (non-hydrogen) atoms. The van der Waals surface area contributed by atoms with E-state index in [0.29, 0.717) is 24.3 Å². The van der Waals surface area contributed by atoms with Crippen molar-refractivity contribution in [2.45, 2.75) is 38.6 Å². The largest absolute Gasteiger partial charge is 0.342 e. The first-order valence-electron chi connectivity index (χ1n) is 10.2. The molecule has 1 aromatic carbocycles. The zero-order valence-corrected chi connectivity index (χ0v) is 16.3. The van der Waals surface area contributed by atoms with Crippen LogP contribution in [0.15, 0.2) is 42.7 Å². The van der Waals surface area contributed by atoms with Crippen molar-refractivity contribution >= 4 is 5.91 Å². The van der Waals surface area contributed by atoms with Crippen LogP contribution in [0, 0.1) is 12.8 Å². The van der Waals surface area contributed by atoms with Crippen molar-refractivity contribution in [3.05, 3.63) is 54.1 Å². The minimum absolute atomic E-state index is 0.306. The van der Waals surface area contributed by atoms with E-state index in [4.69, 9.17) is 0 Å². The SMILES string of the molecule is Cc1nccn1CC1CCN(C(=O)CN2CCC(c3ccccc3)C2)CC1. The maximum absolute atomic E-state index is 12.7. The minimum atomic E-state index is 0.306. The Balaban J connectivity index is 1.22. The summed E-state index contributed by atoms with van der Waals surface area (Å²) in [7, 11) is 0. The normalized spacial score (nSPS) is 21.7. The molecule has 2 aliphatic heterocycles. The summed E-state index contributed by atoms with van der Waals surface area (Å²) in [6.07, 6.45) is 7.27. The van der Waals surface area contributed by atoms with Gasteiger partial charge >= 0.3 is 0 Å². The number of carbonyl (C=O) groups excluding carboxylic acids is 1. The lowest BCUT2D eigenvalue weighted by Crippen LogP contribution is -2.44. The molecule has 5 heteroatoms. The minimum Gasteiger partial charge on any atom is -0.342 e. The lowest BCUT2D eigenvalue weighted by atomic mass is 9.96. The Bertz CT molecular complexity index is 749. The van der Waals surface area contributed by atoms with Crippen molar-refractivity contribution in [3.63, 3.8) is 0 Å². The maximum atomic E-state index is 12.7. The second-order valence-electron chi connectivity index (χ2n) is 8.08. The highest BCUT2D eigenvalue weighted by Gasteiger charge is 2.28. The molecule has 1 unspecified atom stereocenters. The number of benzene rings is 1. The summed E-state index contributed by atoms with van der Waals surface area (Å²) in [6, 6.07) is 10.7. The van der Waals surface area contributed by atoms with Gasteiger partial charge in [0, 0.05) is 38.6 Å². The molecule has 1 atom stereocenters. The summed E-state index contributed by atoms with van der Waals surface area (Å²) in [6.45, 7) is 7.49. The summed E-state index contributed by atoms with van der Waals surface area (Å²) < 4.78 is 2.23. The van der Waals surface area contributed by atoms with Gasteiger partial charge in [-0.1, -0.05) is 30.3 Å². The number of amides is 1. The topological polar surface area (TPSA) is 41.4 Å². The van der Waals surface area contributed by atoms with Crippen LogP contribution in [-0.4, -0.2) is 58.0 Å². The van der Waals surface area contributed by atoms with E-state index >= 15 is 0 Å². The Morgan fingerprint density at radius 1 is 1.11 bits per heavy atom. The molecular formula is C22H30N4O. The van der Waals surface area contributed by atoms with E-state index in [1.165, 1.54) is 5.56 Å². The average Bonchev–Trinajstić information content (AvgIpc) is 3.32. The van der Waals surface area contributed by atoms with Crippen LogP contribution in [0.25, 0.3) is 0 Å². The predicted molar refractivity (Wildman–Crippen MR) is 107 cm³/mol. The van der Waals surface area contributed by atoms with Crippen LogP contribution in [0.2, 0.25) is 0 Å². The van der Waals surface area contributed by atoms with Gasteiger partial charge in [-0.05, 0) is 50.1 Å². The average molecular weight is 367 g/mol. The predicted octanol–water partition coefficient (Wildman–Crippen LogP) is 2.92. The van der Waals surface area contributed by atoms with Gasteiger partial charge in [-0.25, -0.2) is 4.98 Å². The summed E-state index contributed by atoms with van der Waals surface area (Å²) in [4.78, 5) is 21.5. The van der Waals surface area contributed by atoms with Gasteiger partial charge in [0.1, 0.15) is 5.82 Å². The van der Waals surface area contributed by atoms with Gasteiger partial charge < -0.3 is 9.47 Å². The molecule has 4 rings (SSSR count). The number of nitrogens with zero attached hydrogens (tertiary/aromatic N) is 4. The van der Waals surface area contributed by atoms with E-state index in [2.05, 4.69) is 62.8 Å². The highest BCUT2D eigenvalue weighted by Crippen LogP contribution is 2.27. The molecule has 0 aliphatic carbocycles. The fourth-order valence-corrected chi connectivity index (χ4v) is 4.50. The molecule has 0 N–H and O–H groups in total. The molecule has 2 aliphatic rings. The fraction of sp³-hybridized carbons (Fsp3) is 0.545. The van der Waals surface area contributed by atoms with Crippen molar-refractivity contribution in [3.8, 4) is 0 Å². The van der Waals surface area contributed by atoms with Crippen LogP contribution in [0.5, 0.6) is 0 Å². The summed E-state index contributed by atoms with van der Waals surface area (Å²) in [5.41, 5.74) is 1.41. The molecule has 0 radical (unpaired) electrons. The number of piperidine rings is 1. The van der Waals surface area contributed by atoms with Gasteiger partial charge in [-0.2, -0.15) is 0 Å². The zero-order valence-electron chi connectivity index (χ0n) is 16.3. The molecule has 1 aromatic heterocycles. The van der Waals surface area contributed by atoms with Crippen molar-refractivity contribution < 1.29 is 4.79 Å². The fourth-order valence-electron chi connectivity index (χ4n) is 4.50. The third-order valence-corrected chi connectivity index (χ3v) is 6.25. The Hall–Kier alpha value is -2.14. The number of hydrogen-bond acceptors (Lipinski definition) is 3. The summed E-state index contributed by atoms with van der Waals surface area (Å²) >= 11 is 0. The monoisotopic (exact) mass is 366 g/mol. The Kier molecular flexibility index (Phi) is 5.58. The number of hydrogen-bond donors (Lipinski definition) is 0. The van der Waals surface area contributed by atoms with E-state index in [0.717, 1.165) is 57.8 Å². The number of carbonyl (C=O) groups is 1. The molecule has 144 valence electrons. The number of rotatable bonds is 5. The lowest BCUT2D eigenvalue weighted by Gasteiger charge is -2.33. The summed E-state index contributed by atoms with van der Waals surface area (Å²) in [5.74, 6) is 2.61. The second-order valence-corrected chi connectivity index (χ2v) is 8.08. The zero-order chi connectivity index (χ0) is 18.6. The van der Waals surface area contributed by atoms with E-state index in [9.17, 15) is 4.79 Å². The highest BCUT2D eigenvalue weighted by atomic mass is 16.2. The standard InChI is InChI=1S/C22H30N4O/c1-18-23-10-14-26(18)15-19-7-12-25(13-8-19)22(27)17-24-11-9-21(16-24)20-5-3-2-4-6-20/h2-6,10,14,19,21H,7-9,11-13,15-17H2,1H3. The number of likely N-dealkylation sites (tertiary alicyclic amines) is 2. The van der Waals surface area contributed by atoms with E-state index in [1.807, 2.05) is 6.20 Å². The quantitative estimate of drug-likeness (QED) is 0.817. The molecule has 0 bridgehead atoms. The van der Waals surface area contributed by atoms with Gasteiger partial charge in [0.15, 0.2) is 0 Å². The van der Waals surface area contributed by atoms with Crippen molar-refractivity contribution in [2.24, 2.45) is 5.92 Å². The molecule has 3 heterocycles. The number of imidazole rings is 1. The smallest absolute Gasteiger partial charge is 0.236 e. The molecule has 2 aromatic rings. The van der Waals surface area contributed by atoms with Crippen LogP contribution in [0.3, 0.4) is 0 Å². The first-order chi connectivity index (χ1) is 13.2. The highest BCUT2D eigenvalue weighted by molar-refractivity contribution is 5.78. The third-order valence-electron chi connectivity index (χ3n) is 6.25. The Labute approximate surface area is 162 Å². The molecule has 0 spiro atoms. The lowest BCUT2D eigenvalue weighted by molar-refractivity contribution is -0.133. The number of aryl methyl sites for hydroxylation is 1.